The van der Waals surface area contributed by atoms with Crippen molar-refractivity contribution in [1.82, 2.24) is 15.1 Å². The molecule has 2 aromatic carbocycles. The number of likely N-dealkylation sites (tertiary alicyclic amines) is 1. The number of nitro benzene ring substituents is 1. The summed E-state index contributed by atoms with van der Waals surface area (Å²) in [6, 6.07) is 14.8. The fourth-order valence-electron chi connectivity index (χ4n) is 4.50. The molecule has 2 unspecified atom stereocenters. The lowest BCUT2D eigenvalue weighted by molar-refractivity contribution is -0.384. The predicted octanol–water partition coefficient (Wildman–Crippen LogP) is 3.16. The van der Waals surface area contributed by atoms with Crippen LogP contribution in [0.3, 0.4) is 0 Å². The summed E-state index contributed by atoms with van der Waals surface area (Å²) in [5, 5.41) is 15.8. The van der Waals surface area contributed by atoms with E-state index in [4.69, 9.17) is 5.73 Å². The van der Waals surface area contributed by atoms with Gasteiger partial charge in [0.05, 0.1) is 4.92 Å². The van der Waals surface area contributed by atoms with Crippen LogP contribution in [-0.4, -0.2) is 58.3 Å². The van der Waals surface area contributed by atoms with E-state index in [0.717, 1.165) is 10.4 Å². The van der Waals surface area contributed by atoms with Gasteiger partial charge in [-0.15, -0.1) is 11.3 Å². The molecule has 2 amide bonds. The Kier molecular flexibility index (Phi) is 8.59. The van der Waals surface area contributed by atoms with Crippen molar-refractivity contribution in [3.8, 4) is 0 Å². The van der Waals surface area contributed by atoms with E-state index in [-0.39, 0.29) is 30.1 Å². The SMILES string of the molecule is NCCNC(=O)C1CC(N(Cc2ccc([N+](=O)[O-])cc2)Cc2cccs2)CN1C(=O)c1ccc(F)cc1. The first-order valence-corrected chi connectivity index (χ1v) is 12.8. The summed E-state index contributed by atoms with van der Waals surface area (Å²) >= 11 is 1.61. The normalized spacial score (nSPS) is 17.2. The van der Waals surface area contributed by atoms with Gasteiger partial charge in [0.1, 0.15) is 11.9 Å². The summed E-state index contributed by atoms with van der Waals surface area (Å²) in [6.45, 7) is 1.94. The van der Waals surface area contributed by atoms with Crippen molar-refractivity contribution in [3.63, 3.8) is 0 Å². The molecule has 1 fully saturated rings. The van der Waals surface area contributed by atoms with Crippen molar-refractivity contribution < 1.29 is 18.9 Å². The standard InChI is InChI=1S/C26H28FN5O4S/c27-20-7-5-19(6-8-20)26(34)31-16-22(14-24(31)25(33)29-12-11-28)30(17-23-2-1-13-37-23)15-18-3-9-21(10-4-18)32(35)36/h1-10,13,22,24H,11-12,14-17,28H2,(H,29,33). The van der Waals surface area contributed by atoms with Crippen molar-refractivity contribution in [1.29, 1.82) is 0 Å². The average Bonchev–Trinajstić information content (AvgIpc) is 3.57. The van der Waals surface area contributed by atoms with Crippen LogP contribution in [0.2, 0.25) is 0 Å². The highest BCUT2D eigenvalue weighted by atomic mass is 32.1. The van der Waals surface area contributed by atoms with Gasteiger partial charge in [-0.05, 0) is 47.7 Å². The molecule has 1 aliphatic heterocycles. The lowest BCUT2D eigenvalue weighted by atomic mass is 10.1. The minimum Gasteiger partial charge on any atom is -0.353 e. The maximum atomic E-state index is 13.5. The number of non-ortho nitro benzene ring substituents is 1. The van der Waals surface area contributed by atoms with Crippen LogP contribution in [0.1, 0.15) is 27.2 Å². The molecule has 11 heteroatoms. The average molecular weight is 526 g/mol. The van der Waals surface area contributed by atoms with E-state index in [0.29, 0.717) is 38.2 Å². The molecule has 0 aliphatic carbocycles. The van der Waals surface area contributed by atoms with Crippen molar-refractivity contribution in [2.24, 2.45) is 5.73 Å². The number of thiophene rings is 1. The second kappa shape index (κ2) is 12.0. The predicted molar refractivity (Wildman–Crippen MR) is 138 cm³/mol. The van der Waals surface area contributed by atoms with Gasteiger partial charge >= 0.3 is 0 Å². The molecule has 3 aromatic rings. The summed E-state index contributed by atoms with van der Waals surface area (Å²) in [5.74, 6) is -1.07. The van der Waals surface area contributed by atoms with E-state index in [9.17, 15) is 24.1 Å². The number of nitrogens with zero attached hydrogens (tertiary/aromatic N) is 3. The van der Waals surface area contributed by atoms with Gasteiger partial charge in [0.15, 0.2) is 0 Å². The molecule has 3 N–H and O–H groups in total. The van der Waals surface area contributed by atoms with Crippen LogP contribution in [-0.2, 0) is 17.9 Å². The first-order chi connectivity index (χ1) is 17.9. The number of rotatable bonds is 10. The lowest BCUT2D eigenvalue weighted by Gasteiger charge is -2.28. The zero-order chi connectivity index (χ0) is 26.4. The van der Waals surface area contributed by atoms with Crippen LogP contribution in [0.5, 0.6) is 0 Å². The molecule has 9 nitrogen and oxygen atoms in total. The molecular formula is C26H28FN5O4S. The number of halogens is 1. The fourth-order valence-corrected chi connectivity index (χ4v) is 5.23. The lowest BCUT2D eigenvalue weighted by Crippen LogP contribution is -2.47. The molecular weight excluding hydrogens is 497 g/mol. The van der Waals surface area contributed by atoms with E-state index < -0.39 is 16.8 Å². The van der Waals surface area contributed by atoms with Gasteiger partial charge in [-0.1, -0.05) is 18.2 Å². The molecule has 0 bridgehead atoms. The maximum absolute atomic E-state index is 13.5. The van der Waals surface area contributed by atoms with Gasteiger partial charge in [-0.2, -0.15) is 0 Å². The Labute approximate surface area is 217 Å². The Morgan fingerprint density at radius 3 is 2.49 bits per heavy atom. The molecule has 1 aliphatic rings. The number of nitrogens with one attached hydrogen (secondary N) is 1. The Morgan fingerprint density at radius 1 is 1.14 bits per heavy atom. The molecule has 1 aromatic heterocycles. The molecule has 0 saturated carbocycles. The van der Waals surface area contributed by atoms with Crippen LogP contribution in [0.4, 0.5) is 10.1 Å². The topological polar surface area (TPSA) is 122 Å². The maximum Gasteiger partial charge on any atom is 0.269 e. The summed E-state index contributed by atoms with van der Waals surface area (Å²) in [5.41, 5.74) is 6.77. The van der Waals surface area contributed by atoms with Gasteiger partial charge in [0.25, 0.3) is 11.6 Å². The van der Waals surface area contributed by atoms with Gasteiger partial charge in [-0.3, -0.25) is 24.6 Å². The van der Waals surface area contributed by atoms with Crippen molar-refractivity contribution in [2.75, 3.05) is 19.6 Å². The van der Waals surface area contributed by atoms with Crippen LogP contribution in [0.25, 0.3) is 0 Å². The molecule has 2 heterocycles. The van der Waals surface area contributed by atoms with Crippen LogP contribution >= 0.6 is 11.3 Å². The first kappa shape index (κ1) is 26.4. The van der Waals surface area contributed by atoms with Gasteiger partial charge < -0.3 is 16.0 Å². The Hall–Kier alpha value is -3.67. The third-order valence-electron chi connectivity index (χ3n) is 6.37. The number of hydrogen-bond acceptors (Lipinski definition) is 7. The third kappa shape index (κ3) is 6.56. The third-order valence-corrected chi connectivity index (χ3v) is 7.23. The van der Waals surface area contributed by atoms with Crippen molar-refractivity contribution >= 4 is 28.8 Å². The van der Waals surface area contributed by atoms with Gasteiger partial charge in [0.2, 0.25) is 5.91 Å². The van der Waals surface area contributed by atoms with Gasteiger partial charge in [-0.25, -0.2) is 4.39 Å². The van der Waals surface area contributed by atoms with Crippen LogP contribution in [0.15, 0.2) is 66.0 Å². The van der Waals surface area contributed by atoms with E-state index in [1.807, 2.05) is 17.5 Å². The van der Waals surface area contributed by atoms with E-state index in [1.165, 1.54) is 36.4 Å². The van der Waals surface area contributed by atoms with Crippen LogP contribution in [0, 0.1) is 15.9 Å². The summed E-state index contributed by atoms with van der Waals surface area (Å²) < 4.78 is 13.5. The van der Waals surface area contributed by atoms with Gasteiger partial charge in [0, 0.05) is 61.3 Å². The van der Waals surface area contributed by atoms with Crippen molar-refractivity contribution in [2.45, 2.75) is 31.6 Å². The Balaban J connectivity index is 1.60. The minimum absolute atomic E-state index is 0.0159. The molecule has 4 rings (SSSR count). The highest BCUT2D eigenvalue weighted by molar-refractivity contribution is 7.09. The summed E-state index contributed by atoms with van der Waals surface area (Å²) in [7, 11) is 0. The Morgan fingerprint density at radius 2 is 1.86 bits per heavy atom. The molecule has 1 saturated heterocycles. The number of benzene rings is 2. The number of nitrogens with two attached hydrogens (primary N) is 1. The number of carbonyl (C=O) groups excluding carboxylic acids is 2. The number of amides is 2. The molecule has 194 valence electrons. The fraction of sp³-hybridized carbons (Fsp3) is 0.308. The molecule has 0 radical (unpaired) electrons. The number of carbonyl (C=O) groups is 2. The molecule has 0 spiro atoms. The second-order valence-electron chi connectivity index (χ2n) is 8.86. The number of nitro groups is 1. The van der Waals surface area contributed by atoms with E-state index in [1.54, 1.807) is 28.4 Å². The number of hydrogen-bond donors (Lipinski definition) is 2. The van der Waals surface area contributed by atoms with Crippen molar-refractivity contribution in [3.05, 3.63) is 98.0 Å². The van der Waals surface area contributed by atoms with E-state index >= 15 is 0 Å². The highest BCUT2D eigenvalue weighted by Gasteiger charge is 2.42. The monoisotopic (exact) mass is 525 g/mol. The molecule has 37 heavy (non-hydrogen) atoms. The first-order valence-electron chi connectivity index (χ1n) is 11.9. The summed E-state index contributed by atoms with van der Waals surface area (Å²) in [4.78, 5) is 41.9. The highest BCUT2D eigenvalue weighted by Crippen LogP contribution is 2.28. The zero-order valence-electron chi connectivity index (χ0n) is 20.1. The largest absolute Gasteiger partial charge is 0.353 e. The smallest absolute Gasteiger partial charge is 0.269 e. The second-order valence-corrected chi connectivity index (χ2v) is 9.89. The minimum atomic E-state index is -0.711. The van der Waals surface area contributed by atoms with E-state index in [2.05, 4.69) is 10.2 Å². The Bertz CT molecular complexity index is 1220. The summed E-state index contributed by atoms with van der Waals surface area (Å²) in [6.07, 6.45) is 0.404. The quantitative estimate of drug-likeness (QED) is 0.310. The molecule has 2 atom stereocenters. The van der Waals surface area contributed by atoms with Crippen LogP contribution < -0.4 is 11.1 Å². The zero-order valence-corrected chi connectivity index (χ0v) is 20.9.